The number of rotatable bonds is 3. The molecule has 1 aromatic rings. The van der Waals surface area contributed by atoms with Gasteiger partial charge in [0.05, 0.1) is 0 Å². The molecule has 1 aliphatic rings. The van der Waals surface area contributed by atoms with Crippen molar-refractivity contribution in [1.82, 2.24) is 0 Å². The summed E-state index contributed by atoms with van der Waals surface area (Å²) in [7, 11) is 0. The topological polar surface area (TPSA) is 12.0 Å². The minimum absolute atomic E-state index is 0.860. The molecule has 1 fully saturated rings. The Hall–Kier alpha value is -0.150. The number of hydrogen-bond acceptors (Lipinski definition) is 2. The average Bonchev–Trinajstić information content (AvgIpc) is 2.73. The first kappa shape index (κ1) is 11.3. The molecule has 1 aromatic carbocycles. The van der Waals surface area contributed by atoms with Gasteiger partial charge in [0.15, 0.2) is 0 Å². The van der Waals surface area contributed by atoms with Gasteiger partial charge in [0, 0.05) is 16.7 Å². The normalized spacial score (nSPS) is 20.5. The maximum absolute atomic E-state index is 3.52. The molecule has 0 saturated carbocycles. The van der Waals surface area contributed by atoms with E-state index in [0.717, 1.165) is 12.5 Å². The average molecular weight is 286 g/mol. The lowest BCUT2D eigenvalue weighted by Gasteiger charge is -2.12. The molecule has 1 aliphatic heterocycles. The van der Waals surface area contributed by atoms with Crippen molar-refractivity contribution in [2.24, 2.45) is 5.92 Å². The second-order valence-electron chi connectivity index (χ2n) is 4.07. The quantitative estimate of drug-likeness (QED) is 0.903. The Morgan fingerprint density at radius 1 is 1.53 bits per heavy atom. The van der Waals surface area contributed by atoms with E-state index in [1.165, 1.54) is 33.7 Å². The molecule has 0 spiro atoms. The van der Waals surface area contributed by atoms with Crippen molar-refractivity contribution >= 4 is 33.4 Å². The highest BCUT2D eigenvalue weighted by atomic mass is 79.9. The van der Waals surface area contributed by atoms with Crippen LogP contribution < -0.4 is 5.32 Å². The molecule has 1 nitrogen and oxygen atoms in total. The van der Waals surface area contributed by atoms with Crippen LogP contribution in [-0.2, 0) is 0 Å². The third-order valence-electron chi connectivity index (χ3n) is 2.78. The van der Waals surface area contributed by atoms with Crippen LogP contribution in [0.2, 0.25) is 0 Å². The number of benzene rings is 1. The molecule has 15 heavy (non-hydrogen) atoms. The number of anilines is 1. The smallest absolute Gasteiger partial charge is 0.0343 e. The first-order valence-corrected chi connectivity index (χ1v) is 7.28. The monoisotopic (exact) mass is 285 g/mol. The number of halogens is 1. The fraction of sp³-hybridized carbons (Fsp3) is 0.500. The van der Waals surface area contributed by atoms with E-state index in [0.29, 0.717) is 0 Å². The highest BCUT2D eigenvalue weighted by molar-refractivity contribution is 9.10. The van der Waals surface area contributed by atoms with Crippen LogP contribution in [0.25, 0.3) is 0 Å². The predicted molar refractivity (Wildman–Crippen MR) is 72.8 cm³/mol. The summed E-state index contributed by atoms with van der Waals surface area (Å²) in [6.45, 7) is 3.24. The zero-order valence-electron chi connectivity index (χ0n) is 8.92. The van der Waals surface area contributed by atoms with Gasteiger partial charge < -0.3 is 5.32 Å². The van der Waals surface area contributed by atoms with Crippen molar-refractivity contribution in [2.45, 2.75) is 13.3 Å². The molecular formula is C12H16BrNS. The maximum atomic E-state index is 3.52. The van der Waals surface area contributed by atoms with E-state index < -0.39 is 0 Å². The number of nitrogens with one attached hydrogen (secondary N) is 1. The summed E-state index contributed by atoms with van der Waals surface area (Å²) in [4.78, 5) is 0. The van der Waals surface area contributed by atoms with E-state index >= 15 is 0 Å². The highest BCUT2D eigenvalue weighted by Crippen LogP contribution is 2.25. The molecule has 1 heterocycles. The van der Waals surface area contributed by atoms with Gasteiger partial charge in [-0.2, -0.15) is 11.8 Å². The van der Waals surface area contributed by atoms with Crippen LogP contribution in [-0.4, -0.2) is 18.1 Å². The van der Waals surface area contributed by atoms with Crippen LogP contribution in [0, 0.1) is 12.8 Å². The van der Waals surface area contributed by atoms with Crippen LogP contribution in [0.4, 0.5) is 5.69 Å². The van der Waals surface area contributed by atoms with Crippen LogP contribution in [0.1, 0.15) is 12.0 Å². The van der Waals surface area contributed by atoms with Gasteiger partial charge in [-0.1, -0.05) is 15.9 Å². The fourth-order valence-electron chi connectivity index (χ4n) is 1.76. The van der Waals surface area contributed by atoms with Crippen LogP contribution in [0.15, 0.2) is 22.7 Å². The van der Waals surface area contributed by atoms with Crippen molar-refractivity contribution in [3.8, 4) is 0 Å². The third-order valence-corrected chi connectivity index (χ3v) is 4.90. The maximum Gasteiger partial charge on any atom is 0.0343 e. The van der Waals surface area contributed by atoms with Gasteiger partial charge >= 0.3 is 0 Å². The summed E-state index contributed by atoms with van der Waals surface area (Å²) < 4.78 is 1.18. The van der Waals surface area contributed by atoms with E-state index in [-0.39, 0.29) is 0 Å². The third kappa shape index (κ3) is 3.15. The molecule has 3 heteroatoms. The lowest BCUT2D eigenvalue weighted by molar-refractivity contribution is 0.632. The first-order chi connectivity index (χ1) is 7.25. The molecule has 82 valence electrons. The Labute approximate surface area is 104 Å². The van der Waals surface area contributed by atoms with Gasteiger partial charge in [0.25, 0.3) is 0 Å². The molecular weight excluding hydrogens is 270 g/mol. The summed E-state index contributed by atoms with van der Waals surface area (Å²) in [5.74, 6) is 3.52. The van der Waals surface area contributed by atoms with Gasteiger partial charge in [0.2, 0.25) is 0 Å². The molecule has 0 aliphatic carbocycles. The summed E-state index contributed by atoms with van der Waals surface area (Å²) >= 11 is 5.59. The summed E-state index contributed by atoms with van der Waals surface area (Å²) in [6.07, 6.45) is 1.37. The predicted octanol–water partition coefficient (Wildman–Crippen LogP) is 3.92. The molecule has 0 bridgehead atoms. The molecule has 1 atom stereocenters. The van der Waals surface area contributed by atoms with E-state index in [4.69, 9.17) is 0 Å². The number of hydrogen-bond donors (Lipinski definition) is 1. The van der Waals surface area contributed by atoms with Crippen LogP contribution in [0.5, 0.6) is 0 Å². The Morgan fingerprint density at radius 3 is 3.07 bits per heavy atom. The van der Waals surface area contributed by atoms with E-state index in [9.17, 15) is 0 Å². The summed E-state index contributed by atoms with van der Waals surface area (Å²) in [5, 5.41) is 3.52. The largest absolute Gasteiger partial charge is 0.385 e. The molecule has 0 amide bonds. The summed E-state index contributed by atoms with van der Waals surface area (Å²) in [6, 6.07) is 6.45. The van der Waals surface area contributed by atoms with Gasteiger partial charge in [-0.15, -0.1) is 0 Å². The van der Waals surface area contributed by atoms with Crippen molar-refractivity contribution < 1.29 is 0 Å². The Kier molecular flexibility index (Phi) is 3.98. The molecule has 0 radical (unpaired) electrons. The van der Waals surface area contributed by atoms with Crippen LogP contribution in [0.3, 0.4) is 0 Å². The Bertz CT molecular complexity index is 334. The molecule has 1 unspecified atom stereocenters. The minimum Gasteiger partial charge on any atom is -0.385 e. The molecule has 0 aromatic heterocycles. The van der Waals surface area contributed by atoms with Gasteiger partial charge in [-0.3, -0.25) is 0 Å². The minimum atomic E-state index is 0.860. The Balaban J connectivity index is 1.90. The zero-order chi connectivity index (χ0) is 10.7. The van der Waals surface area contributed by atoms with Gasteiger partial charge in [0.1, 0.15) is 0 Å². The fourth-order valence-corrected chi connectivity index (χ4v) is 3.29. The van der Waals surface area contributed by atoms with E-state index in [1.807, 2.05) is 0 Å². The lowest BCUT2D eigenvalue weighted by Crippen LogP contribution is -2.13. The van der Waals surface area contributed by atoms with E-state index in [2.05, 4.69) is 58.1 Å². The molecule has 1 saturated heterocycles. The Morgan fingerprint density at radius 2 is 2.40 bits per heavy atom. The van der Waals surface area contributed by atoms with Gasteiger partial charge in [-0.05, 0) is 54.5 Å². The van der Waals surface area contributed by atoms with Crippen molar-refractivity contribution in [1.29, 1.82) is 0 Å². The standard InChI is InChI=1S/C12H16BrNS/c1-9-6-11(2-3-12(9)13)14-7-10-4-5-15-8-10/h2-3,6,10,14H,4-5,7-8H2,1H3. The van der Waals surface area contributed by atoms with Crippen molar-refractivity contribution in [2.75, 3.05) is 23.4 Å². The van der Waals surface area contributed by atoms with E-state index in [1.54, 1.807) is 0 Å². The molecule has 2 rings (SSSR count). The lowest BCUT2D eigenvalue weighted by atomic mass is 10.1. The SMILES string of the molecule is Cc1cc(NCC2CCSC2)ccc1Br. The van der Waals surface area contributed by atoms with Gasteiger partial charge in [-0.25, -0.2) is 0 Å². The van der Waals surface area contributed by atoms with Crippen molar-refractivity contribution in [3.05, 3.63) is 28.2 Å². The number of aryl methyl sites for hydroxylation is 1. The second-order valence-corrected chi connectivity index (χ2v) is 6.08. The highest BCUT2D eigenvalue weighted by Gasteiger charge is 2.14. The second kappa shape index (κ2) is 5.26. The molecule has 1 N–H and O–H groups in total. The zero-order valence-corrected chi connectivity index (χ0v) is 11.3. The first-order valence-electron chi connectivity index (χ1n) is 5.33. The summed E-state index contributed by atoms with van der Waals surface area (Å²) in [5.41, 5.74) is 2.54. The number of thioether (sulfide) groups is 1. The van der Waals surface area contributed by atoms with Crippen molar-refractivity contribution in [3.63, 3.8) is 0 Å². The van der Waals surface area contributed by atoms with Crippen LogP contribution >= 0.6 is 27.7 Å².